The highest BCUT2D eigenvalue weighted by atomic mass is 19.4. The lowest BCUT2D eigenvalue weighted by molar-refractivity contribution is -0.276. The standard InChI is InChI=1S/C21H15F9N2O2/c22-19(23,24)13-5-12(6-14(7-13)20(25,26)27)18(21(28,29)30)8-17(31-34-18)11-1-3-15(4-2-11)32-9-16(33)10-32/h1-7,16,33H,8-10H2. The molecule has 1 saturated heterocycles. The fourth-order valence-corrected chi connectivity index (χ4v) is 3.78. The van der Waals surface area contributed by atoms with E-state index >= 15 is 0 Å². The summed E-state index contributed by atoms with van der Waals surface area (Å²) >= 11 is 0. The minimum atomic E-state index is -5.39. The van der Waals surface area contributed by atoms with E-state index < -0.39 is 53.3 Å². The summed E-state index contributed by atoms with van der Waals surface area (Å²) in [6, 6.07) is 5.64. The molecule has 1 atom stereocenters. The highest BCUT2D eigenvalue weighted by Gasteiger charge is 2.63. The van der Waals surface area contributed by atoms with Gasteiger partial charge in [-0.1, -0.05) is 17.3 Å². The predicted molar refractivity (Wildman–Crippen MR) is 101 cm³/mol. The average molecular weight is 498 g/mol. The van der Waals surface area contributed by atoms with Crippen molar-refractivity contribution in [1.82, 2.24) is 0 Å². The Morgan fingerprint density at radius 1 is 0.853 bits per heavy atom. The van der Waals surface area contributed by atoms with Crippen LogP contribution in [-0.4, -0.2) is 36.2 Å². The quantitative estimate of drug-likeness (QED) is 0.570. The Hall–Kier alpha value is -2.96. The third kappa shape index (κ3) is 4.28. The lowest BCUT2D eigenvalue weighted by Gasteiger charge is -2.37. The molecule has 4 rings (SSSR count). The van der Waals surface area contributed by atoms with E-state index in [0.717, 1.165) is 0 Å². The van der Waals surface area contributed by atoms with Crippen molar-refractivity contribution in [3.8, 4) is 0 Å². The summed E-state index contributed by atoms with van der Waals surface area (Å²) in [7, 11) is 0. The van der Waals surface area contributed by atoms with Gasteiger partial charge in [-0.2, -0.15) is 39.5 Å². The molecule has 2 aliphatic heterocycles. The maximum Gasteiger partial charge on any atom is 0.435 e. The minimum absolute atomic E-state index is 0.000525. The van der Waals surface area contributed by atoms with Gasteiger partial charge >= 0.3 is 18.5 Å². The molecule has 0 spiro atoms. The smallest absolute Gasteiger partial charge is 0.389 e. The molecule has 0 aliphatic carbocycles. The third-order valence-corrected chi connectivity index (χ3v) is 5.67. The maximum absolute atomic E-state index is 14.1. The van der Waals surface area contributed by atoms with E-state index in [-0.39, 0.29) is 29.5 Å². The largest absolute Gasteiger partial charge is 0.435 e. The van der Waals surface area contributed by atoms with E-state index in [0.29, 0.717) is 18.8 Å². The molecule has 2 aromatic rings. The first-order chi connectivity index (χ1) is 15.6. The van der Waals surface area contributed by atoms with Gasteiger partial charge in [0.2, 0.25) is 0 Å². The zero-order chi connectivity index (χ0) is 25.1. The van der Waals surface area contributed by atoms with Crippen molar-refractivity contribution in [2.24, 2.45) is 5.16 Å². The summed E-state index contributed by atoms with van der Waals surface area (Å²) in [5.74, 6) is 0. The molecular formula is C21H15F9N2O2. The second-order valence-electron chi connectivity index (χ2n) is 8.03. The van der Waals surface area contributed by atoms with Gasteiger partial charge in [-0.15, -0.1) is 0 Å². The zero-order valence-electron chi connectivity index (χ0n) is 16.9. The fraction of sp³-hybridized carbons (Fsp3) is 0.381. The minimum Gasteiger partial charge on any atom is -0.389 e. The molecule has 0 aromatic heterocycles. The molecule has 184 valence electrons. The zero-order valence-corrected chi connectivity index (χ0v) is 16.9. The van der Waals surface area contributed by atoms with Crippen LogP contribution in [0, 0.1) is 0 Å². The Balaban J connectivity index is 1.71. The van der Waals surface area contributed by atoms with E-state index in [1.807, 2.05) is 0 Å². The van der Waals surface area contributed by atoms with E-state index in [1.54, 1.807) is 17.0 Å². The molecule has 0 bridgehead atoms. The van der Waals surface area contributed by atoms with Crippen molar-refractivity contribution in [2.45, 2.75) is 36.7 Å². The number of halogens is 9. The molecule has 1 unspecified atom stereocenters. The number of hydrogen-bond acceptors (Lipinski definition) is 4. The monoisotopic (exact) mass is 498 g/mol. The van der Waals surface area contributed by atoms with Gasteiger partial charge in [-0.3, -0.25) is 0 Å². The molecule has 1 fully saturated rings. The Morgan fingerprint density at radius 2 is 1.38 bits per heavy atom. The molecule has 4 nitrogen and oxygen atoms in total. The Morgan fingerprint density at radius 3 is 1.82 bits per heavy atom. The highest BCUT2D eigenvalue weighted by Crippen LogP contribution is 2.51. The van der Waals surface area contributed by atoms with Crippen molar-refractivity contribution in [3.05, 3.63) is 64.7 Å². The molecule has 0 saturated carbocycles. The van der Waals surface area contributed by atoms with Crippen molar-refractivity contribution in [1.29, 1.82) is 0 Å². The summed E-state index contributed by atoms with van der Waals surface area (Å²) < 4.78 is 122. The van der Waals surface area contributed by atoms with Crippen LogP contribution in [-0.2, 0) is 22.8 Å². The molecule has 13 heteroatoms. The van der Waals surface area contributed by atoms with Gasteiger partial charge in [0.15, 0.2) is 0 Å². The summed E-state index contributed by atoms with van der Waals surface area (Å²) in [5.41, 5.74) is -8.14. The lowest BCUT2D eigenvalue weighted by Crippen LogP contribution is -2.50. The van der Waals surface area contributed by atoms with E-state index in [1.165, 1.54) is 12.1 Å². The van der Waals surface area contributed by atoms with Gasteiger partial charge < -0.3 is 14.8 Å². The van der Waals surface area contributed by atoms with Gasteiger partial charge in [0, 0.05) is 30.8 Å². The SMILES string of the molecule is OC1CN(c2ccc(C3=NOC(c4cc(C(F)(F)F)cc(C(F)(F)F)c4)(C(F)(F)F)C3)cc2)C1. The predicted octanol–water partition coefficient (Wildman–Crippen LogP) is 5.49. The molecule has 2 aliphatic rings. The third-order valence-electron chi connectivity index (χ3n) is 5.67. The van der Waals surface area contributed by atoms with Gasteiger partial charge in [-0.05, 0) is 35.9 Å². The number of benzene rings is 2. The van der Waals surface area contributed by atoms with E-state index in [9.17, 15) is 44.6 Å². The molecule has 2 heterocycles. The molecular weight excluding hydrogens is 483 g/mol. The molecule has 34 heavy (non-hydrogen) atoms. The molecule has 0 amide bonds. The Kier molecular flexibility index (Phi) is 5.54. The Labute approximate surface area is 186 Å². The number of oxime groups is 1. The summed E-state index contributed by atoms with van der Waals surface area (Å²) in [6.07, 6.45) is -17.7. The van der Waals surface area contributed by atoms with E-state index in [4.69, 9.17) is 0 Å². The second-order valence-corrected chi connectivity index (χ2v) is 8.03. The van der Waals surface area contributed by atoms with Crippen molar-refractivity contribution < 1.29 is 49.5 Å². The number of aliphatic hydroxyl groups excluding tert-OH is 1. The number of β-amino-alcohol motifs (C(OH)–C–C–N with tert-alkyl or cyclic N) is 1. The summed E-state index contributed by atoms with van der Waals surface area (Å²) in [5, 5.41) is 12.8. The van der Waals surface area contributed by atoms with Crippen molar-refractivity contribution in [2.75, 3.05) is 18.0 Å². The van der Waals surface area contributed by atoms with Crippen LogP contribution in [0.4, 0.5) is 45.2 Å². The topological polar surface area (TPSA) is 45.1 Å². The van der Waals surface area contributed by atoms with Gasteiger partial charge in [-0.25, -0.2) is 0 Å². The summed E-state index contributed by atoms with van der Waals surface area (Å²) in [6.45, 7) is 0.745. The fourth-order valence-electron chi connectivity index (χ4n) is 3.78. The number of nitrogens with zero attached hydrogens (tertiary/aromatic N) is 2. The van der Waals surface area contributed by atoms with Crippen LogP contribution in [0.3, 0.4) is 0 Å². The summed E-state index contributed by atoms with van der Waals surface area (Å²) in [4.78, 5) is 6.40. The number of alkyl halides is 9. The van der Waals surface area contributed by atoms with Crippen LogP contribution >= 0.6 is 0 Å². The average Bonchev–Trinajstić information content (AvgIpc) is 3.17. The number of hydrogen-bond donors (Lipinski definition) is 1. The van der Waals surface area contributed by atoms with Crippen LogP contribution < -0.4 is 4.90 Å². The van der Waals surface area contributed by atoms with Crippen molar-refractivity contribution >= 4 is 11.4 Å². The molecule has 1 N–H and O–H groups in total. The van der Waals surface area contributed by atoms with Crippen LogP contribution in [0.25, 0.3) is 0 Å². The first kappa shape index (κ1) is 24.2. The number of rotatable bonds is 3. The van der Waals surface area contributed by atoms with Crippen LogP contribution in [0.1, 0.15) is 28.7 Å². The van der Waals surface area contributed by atoms with Gasteiger partial charge in [0.1, 0.15) is 0 Å². The number of anilines is 1. The van der Waals surface area contributed by atoms with Crippen molar-refractivity contribution in [3.63, 3.8) is 0 Å². The lowest BCUT2D eigenvalue weighted by atomic mass is 9.84. The highest BCUT2D eigenvalue weighted by molar-refractivity contribution is 6.02. The normalized spacial score (nSPS) is 21.8. The first-order valence-electron chi connectivity index (χ1n) is 9.75. The second kappa shape index (κ2) is 7.79. The molecule has 2 aromatic carbocycles. The number of aliphatic hydroxyl groups is 1. The van der Waals surface area contributed by atoms with Gasteiger partial charge in [0.25, 0.3) is 5.60 Å². The molecule has 0 radical (unpaired) electrons. The van der Waals surface area contributed by atoms with Crippen LogP contribution in [0.15, 0.2) is 47.6 Å². The Bertz CT molecular complexity index is 1070. The first-order valence-corrected chi connectivity index (χ1v) is 9.75. The van der Waals surface area contributed by atoms with Gasteiger partial charge in [0.05, 0.1) is 22.9 Å². The van der Waals surface area contributed by atoms with Crippen LogP contribution in [0.2, 0.25) is 0 Å². The maximum atomic E-state index is 14.1. The van der Waals surface area contributed by atoms with E-state index in [2.05, 4.69) is 9.99 Å². The van der Waals surface area contributed by atoms with Crippen LogP contribution in [0.5, 0.6) is 0 Å².